The fraction of sp³-hybridized carbons (Fsp3) is 0.120. The second-order valence-corrected chi connectivity index (χ2v) is 11.1. The molecule has 0 saturated carbocycles. The minimum Gasteiger partial charge on any atom is -0.290 e. The number of carbonyl (C=O) groups is 1. The van der Waals surface area contributed by atoms with E-state index in [0.29, 0.717) is 15.7 Å². The molecule has 0 spiro atoms. The number of Topliss-reactive ketones (excluding diaryl/α,β-unsaturated/α-hetero) is 1. The first-order valence-corrected chi connectivity index (χ1v) is 13.3. The van der Waals surface area contributed by atoms with E-state index in [9.17, 15) is 13.2 Å². The molecule has 9 heteroatoms. The van der Waals surface area contributed by atoms with Crippen LogP contribution < -0.4 is 4.31 Å². The SMILES string of the molecule is CCN1c2nc(Sc3ccccc3)n(-c3ccccc3)c2C(=O)C(c2ccc(Cl)cc2)S1(=O)=O. The molecule has 2 heterocycles. The summed E-state index contributed by atoms with van der Waals surface area (Å²) in [6.45, 7) is 1.88. The summed E-state index contributed by atoms with van der Waals surface area (Å²) < 4.78 is 30.3. The normalized spacial score (nSPS) is 16.9. The number of ketones is 1. The average Bonchev–Trinajstić information content (AvgIpc) is 3.20. The Morgan fingerprint density at radius 2 is 1.56 bits per heavy atom. The largest absolute Gasteiger partial charge is 0.290 e. The molecular formula is C25H20ClN3O3S2. The van der Waals surface area contributed by atoms with Crippen molar-refractivity contribution in [2.24, 2.45) is 0 Å². The van der Waals surface area contributed by atoms with Gasteiger partial charge in [0.05, 0.1) is 0 Å². The van der Waals surface area contributed by atoms with E-state index in [1.807, 2.05) is 60.7 Å². The molecule has 3 aromatic carbocycles. The first kappa shape index (κ1) is 22.7. The molecule has 1 atom stereocenters. The molecule has 0 bridgehead atoms. The Kier molecular flexibility index (Phi) is 5.97. The second-order valence-electron chi connectivity index (χ2n) is 7.66. The molecule has 1 unspecified atom stereocenters. The summed E-state index contributed by atoms with van der Waals surface area (Å²) in [7, 11) is -4.05. The maximum atomic E-state index is 13.9. The molecule has 0 saturated heterocycles. The Balaban J connectivity index is 1.76. The van der Waals surface area contributed by atoms with Crippen molar-refractivity contribution in [3.63, 3.8) is 0 Å². The fourth-order valence-corrected chi connectivity index (χ4v) is 6.98. The fourth-order valence-electron chi connectivity index (χ4n) is 4.06. The van der Waals surface area contributed by atoms with E-state index >= 15 is 0 Å². The molecular weight excluding hydrogens is 490 g/mol. The van der Waals surface area contributed by atoms with Crippen molar-refractivity contribution in [3.8, 4) is 5.69 Å². The summed E-state index contributed by atoms with van der Waals surface area (Å²) in [6.07, 6.45) is 0. The van der Waals surface area contributed by atoms with Gasteiger partial charge in [-0.15, -0.1) is 0 Å². The van der Waals surface area contributed by atoms with Crippen molar-refractivity contribution in [1.29, 1.82) is 0 Å². The molecule has 172 valence electrons. The zero-order valence-electron chi connectivity index (χ0n) is 18.1. The summed E-state index contributed by atoms with van der Waals surface area (Å²) >= 11 is 7.40. The number of halogens is 1. The lowest BCUT2D eigenvalue weighted by Gasteiger charge is -2.31. The van der Waals surface area contributed by atoms with E-state index in [1.54, 1.807) is 35.8 Å². The lowest BCUT2D eigenvalue weighted by Crippen LogP contribution is -2.43. The smallest absolute Gasteiger partial charge is 0.251 e. The Hall–Kier alpha value is -3.07. The zero-order valence-corrected chi connectivity index (χ0v) is 20.5. The van der Waals surface area contributed by atoms with Crippen molar-refractivity contribution in [3.05, 3.63) is 101 Å². The molecule has 0 N–H and O–H groups in total. The molecule has 0 amide bonds. The van der Waals surface area contributed by atoms with Crippen molar-refractivity contribution in [2.45, 2.75) is 22.2 Å². The maximum absolute atomic E-state index is 13.9. The molecule has 1 aliphatic rings. The first-order valence-electron chi connectivity index (χ1n) is 10.6. The van der Waals surface area contributed by atoms with E-state index in [1.165, 1.54) is 16.1 Å². The van der Waals surface area contributed by atoms with Crippen LogP contribution in [0.5, 0.6) is 0 Å². The molecule has 34 heavy (non-hydrogen) atoms. The van der Waals surface area contributed by atoms with Crippen LogP contribution in [0.3, 0.4) is 0 Å². The van der Waals surface area contributed by atoms with E-state index < -0.39 is 21.1 Å². The average molecular weight is 510 g/mol. The van der Waals surface area contributed by atoms with Crippen LogP contribution in [-0.2, 0) is 10.0 Å². The highest BCUT2D eigenvalue weighted by Gasteiger charge is 2.48. The van der Waals surface area contributed by atoms with Gasteiger partial charge < -0.3 is 0 Å². The minimum atomic E-state index is -4.05. The van der Waals surface area contributed by atoms with Crippen LogP contribution >= 0.6 is 23.4 Å². The number of fused-ring (bicyclic) bond motifs is 1. The lowest BCUT2D eigenvalue weighted by molar-refractivity contribution is 0.0978. The number of benzene rings is 3. The number of imidazole rings is 1. The van der Waals surface area contributed by atoms with Gasteiger partial charge in [0.2, 0.25) is 5.78 Å². The number of carbonyl (C=O) groups excluding carboxylic acids is 1. The standard InChI is InChI=1S/C25H20ClN3O3S2/c1-2-28-24-21(22(30)23(34(28,31)32)17-13-15-18(26)16-14-17)29(19-9-5-3-6-10-19)25(27-24)33-20-11-7-4-8-12-20/h3-16,23H,2H2,1H3. The second kappa shape index (κ2) is 8.94. The summed E-state index contributed by atoms with van der Waals surface area (Å²) in [4.78, 5) is 19.5. The van der Waals surface area contributed by atoms with Crippen LogP contribution in [0, 0.1) is 0 Å². The zero-order chi connectivity index (χ0) is 23.9. The van der Waals surface area contributed by atoms with Gasteiger partial charge >= 0.3 is 0 Å². The van der Waals surface area contributed by atoms with Crippen LogP contribution in [-0.4, -0.2) is 30.3 Å². The molecule has 6 nitrogen and oxygen atoms in total. The monoisotopic (exact) mass is 509 g/mol. The number of hydrogen-bond acceptors (Lipinski definition) is 5. The number of aromatic nitrogens is 2. The van der Waals surface area contributed by atoms with Gasteiger partial charge in [-0.1, -0.05) is 71.9 Å². The predicted molar refractivity (Wildman–Crippen MR) is 135 cm³/mol. The van der Waals surface area contributed by atoms with Crippen molar-refractivity contribution in [2.75, 3.05) is 10.8 Å². The highest BCUT2D eigenvalue weighted by molar-refractivity contribution is 7.99. The van der Waals surface area contributed by atoms with Gasteiger partial charge in [0.15, 0.2) is 16.2 Å². The minimum absolute atomic E-state index is 0.147. The van der Waals surface area contributed by atoms with Crippen molar-refractivity contribution in [1.82, 2.24) is 9.55 Å². The molecule has 4 aromatic rings. The molecule has 0 radical (unpaired) electrons. The van der Waals surface area contributed by atoms with Gasteiger partial charge in [0.1, 0.15) is 5.69 Å². The Morgan fingerprint density at radius 1 is 0.941 bits per heavy atom. The number of para-hydroxylation sites is 1. The summed E-state index contributed by atoms with van der Waals surface area (Å²) in [5.74, 6) is -0.363. The van der Waals surface area contributed by atoms with E-state index in [0.717, 1.165) is 10.6 Å². The van der Waals surface area contributed by atoms with Gasteiger partial charge in [0.25, 0.3) is 10.0 Å². The number of rotatable bonds is 5. The number of hydrogen-bond donors (Lipinski definition) is 0. The third kappa shape index (κ3) is 3.81. The number of sulfonamides is 1. The summed E-state index contributed by atoms with van der Waals surface area (Å²) in [5.41, 5.74) is 1.35. The van der Waals surface area contributed by atoms with Gasteiger partial charge in [0, 0.05) is 22.2 Å². The molecule has 0 fully saturated rings. The summed E-state index contributed by atoms with van der Waals surface area (Å²) in [6, 6.07) is 25.4. The van der Waals surface area contributed by atoms with E-state index in [2.05, 4.69) is 0 Å². The molecule has 1 aromatic heterocycles. The van der Waals surface area contributed by atoms with E-state index in [-0.39, 0.29) is 18.1 Å². The third-order valence-corrected chi connectivity index (χ3v) is 8.91. The Bertz CT molecular complexity index is 1450. The van der Waals surface area contributed by atoms with Crippen molar-refractivity contribution >= 4 is 45.0 Å². The Morgan fingerprint density at radius 3 is 2.18 bits per heavy atom. The third-order valence-electron chi connectivity index (χ3n) is 5.57. The molecule has 0 aliphatic carbocycles. The van der Waals surface area contributed by atoms with Crippen LogP contribution in [0.2, 0.25) is 5.02 Å². The number of nitrogens with zero attached hydrogens (tertiary/aromatic N) is 3. The highest BCUT2D eigenvalue weighted by atomic mass is 35.5. The molecule has 5 rings (SSSR count). The van der Waals surface area contributed by atoms with Gasteiger partial charge in [-0.25, -0.2) is 13.4 Å². The quantitative estimate of drug-likeness (QED) is 0.341. The van der Waals surface area contributed by atoms with Crippen LogP contribution in [0.1, 0.15) is 28.2 Å². The topological polar surface area (TPSA) is 72.3 Å². The van der Waals surface area contributed by atoms with Crippen LogP contribution in [0.25, 0.3) is 5.69 Å². The van der Waals surface area contributed by atoms with Gasteiger partial charge in [-0.05, 0) is 48.9 Å². The predicted octanol–water partition coefficient (Wildman–Crippen LogP) is 5.77. The van der Waals surface area contributed by atoms with Gasteiger partial charge in [-0.3, -0.25) is 13.7 Å². The van der Waals surface area contributed by atoms with Gasteiger partial charge in [-0.2, -0.15) is 0 Å². The first-order chi connectivity index (χ1) is 16.4. The van der Waals surface area contributed by atoms with Crippen LogP contribution in [0.15, 0.2) is 95.0 Å². The molecule has 1 aliphatic heterocycles. The maximum Gasteiger partial charge on any atom is 0.251 e. The summed E-state index contributed by atoms with van der Waals surface area (Å²) in [5, 5.41) is -0.402. The highest BCUT2D eigenvalue weighted by Crippen LogP contribution is 2.44. The number of anilines is 1. The van der Waals surface area contributed by atoms with E-state index in [4.69, 9.17) is 16.6 Å². The lowest BCUT2D eigenvalue weighted by atomic mass is 10.1. The van der Waals surface area contributed by atoms with Crippen LogP contribution in [0.4, 0.5) is 5.82 Å². The Labute approximate surface area is 207 Å². The van der Waals surface area contributed by atoms with Crippen molar-refractivity contribution < 1.29 is 13.2 Å².